The molecule has 0 spiro atoms. The second kappa shape index (κ2) is 9.17. The molecule has 1 rings (SSSR count). The zero-order valence-corrected chi connectivity index (χ0v) is 12.0. The van der Waals surface area contributed by atoms with Crippen molar-refractivity contribution >= 4 is 11.6 Å². The number of unbranched alkanes of at least 4 members (excludes halogenated alkanes) is 2. The van der Waals surface area contributed by atoms with Gasteiger partial charge in [0, 0.05) is 12.7 Å². The second-order valence-electron chi connectivity index (χ2n) is 4.44. The lowest BCUT2D eigenvalue weighted by molar-refractivity contribution is -0.112. The van der Waals surface area contributed by atoms with Gasteiger partial charge in [-0.3, -0.25) is 4.79 Å². The van der Waals surface area contributed by atoms with Gasteiger partial charge in [-0.1, -0.05) is 31.9 Å². The SMILES string of the molecule is CCCCCN/C=C(/C#N)C(=O)Nc1ccccc1C#N. The van der Waals surface area contributed by atoms with Crippen LogP contribution in [-0.2, 0) is 4.79 Å². The maximum Gasteiger partial charge on any atom is 0.267 e. The zero-order chi connectivity index (χ0) is 15.5. The first kappa shape index (κ1) is 16.3. The summed E-state index contributed by atoms with van der Waals surface area (Å²) in [6.45, 7) is 2.83. The number of anilines is 1. The number of nitrogens with one attached hydrogen (secondary N) is 2. The van der Waals surface area contributed by atoms with E-state index in [2.05, 4.69) is 17.6 Å². The molecule has 0 radical (unpaired) electrons. The van der Waals surface area contributed by atoms with E-state index in [0.717, 1.165) is 25.8 Å². The van der Waals surface area contributed by atoms with Crippen molar-refractivity contribution in [3.05, 3.63) is 41.6 Å². The number of nitriles is 2. The van der Waals surface area contributed by atoms with Crippen molar-refractivity contribution in [1.29, 1.82) is 10.5 Å². The van der Waals surface area contributed by atoms with E-state index < -0.39 is 5.91 Å². The highest BCUT2D eigenvalue weighted by Crippen LogP contribution is 2.14. The molecule has 0 unspecified atom stereocenters. The Balaban J connectivity index is 2.66. The van der Waals surface area contributed by atoms with Gasteiger partial charge in [-0.05, 0) is 18.6 Å². The lowest BCUT2D eigenvalue weighted by atomic mass is 10.2. The van der Waals surface area contributed by atoms with Crippen molar-refractivity contribution in [3.8, 4) is 12.1 Å². The predicted molar refractivity (Wildman–Crippen MR) is 81.0 cm³/mol. The number of benzene rings is 1. The van der Waals surface area contributed by atoms with E-state index in [4.69, 9.17) is 10.5 Å². The molecule has 0 aromatic heterocycles. The standard InChI is InChI=1S/C16H18N4O/c1-2-3-6-9-19-12-14(11-18)16(21)20-15-8-5-4-7-13(15)10-17/h4-5,7-8,12,19H,2-3,6,9H2,1H3,(H,20,21)/b14-12-. The molecular formula is C16H18N4O. The molecule has 0 heterocycles. The first-order chi connectivity index (χ1) is 10.2. The minimum Gasteiger partial charge on any atom is -0.390 e. The second-order valence-corrected chi connectivity index (χ2v) is 4.44. The van der Waals surface area contributed by atoms with Crippen LogP contribution in [0.25, 0.3) is 0 Å². The van der Waals surface area contributed by atoms with Crippen LogP contribution >= 0.6 is 0 Å². The fourth-order valence-electron chi connectivity index (χ4n) is 1.68. The van der Waals surface area contributed by atoms with Crippen LogP contribution in [0.1, 0.15) is 31.7 Å². The summed E-state index contributed by atoms with van der Waals surface area (Å²) in [7, 11) is 0. The Morgan fingerprint density at radius 3 is 2.71 bits per heavy atom. The molecule has 0 aliphatic heterocycles. The number of para-hydroxylation sites is 1. The Kier molecular flexibility index (Phi) is 7.10. The first-order valence-electron chi connectivity index (χ1n) is 6.87. The van der Waals surface area contributed by atoms with E-state index in [1.165, 1.54) is 6.20 Å². The van der Waals surface area contributed by atoms with Crippen LogP contribution in [0.2, 0.25) is 0 Å². The molecule has 0 saturated carbocycles. The van der Waals surface area contributed by atoms with E-state index in [9.17, 15) is 4.79 Å². The average Bonchev–Trinajstić information content (AvgIpc) is 2.51. The van der Waals surface area contributed by atoms with Gasteiger partial charge < -0.3 is 10.6 Å². The Hall–Kier alpha value is -2.79. The minimum atomic E-state index is -0.525. The van der Waals surface area contributed by atoms with Crippen molar-refractivity contribution in [3.63, 3.8) is 0 Å². The van der Waals surface area contributed by atoms with E-state index >= 15 is 0 Å². The van der Waals surface area contributed by atoms with Crippen LogP contribution in [-0.4, -0.2) is 12.5 Å². The third-order valence-electron chi connectivity index (χ3n) is 2.83. The summed E-state index contributed by atoms with van der Waals surface area (Å²) in [4.78, 5) is 12.0. The van der Waals surface area contributed by atoms with Crippen molar-refractivity contribution in [2.24, 2.45) is 0 Å². The van der Waals surface area contributed by atoms with Crippen LogP contribution in [0, 0.1) is 22.7 Å². The number of carbonyl (C=O) groups excluding carboxylic acids is 1. The zero-order valence-electron chi connectivity index (χ0n) is 12.0. The topological polar surface area (TPSA) is 88.7 Å². The van der Waals surface area contributed by atoms with Crippen molar-refractivity contribution < 1.29 is 4.79 Å². The molecule has 1 aromatic rings. The quantitative estimate of drug-likeness (QED) is 0.457. The van der Waals surface area contributed by atoms with Crippen molar-refractivity contribution in [1.82, 2.24) is 5.32 Å². The van der Waals surface area contributed by atoms with Gasteiger partial charge in [0.15, 0.2) is 0 Å². The van der Waals surface area contributed by atoms with Gasteiger partial charge in [-0.25, -0.2) is 0 Å². The molecule has 0 aliphatic carbocycles. The molecule has 5 nitrogen and oxygen atoms in total. The third kappa shape index (κ3) is 5.38. The third-order valence-corrected chi connectivity index (χ3v) is 2.83. The van der Waals surface area contributed by atoms with Crippen LogP contribution in [0.15, 0.2) is 36.0 Å². The highest BCUT2D eigenvalue weighted by atomic mass is 16.1. The summed E-state index contributed by atoms with van der Waals surface area (Å²) in [5.74, 6) is -0.525. The summed E-state index contributed by atoms with van der Waals surface area (Å²) in [6.07, 6.45) is 4.62. The Morgan fingerprint density at radius 1 is 1.29 bits per heavy atom. The average molecular weight is 282 g/mol. The Morgan fingerprint density at radius 2 is 2.05 bits per heavy atom. The molecule has 0 saturated heterocycles. The smallest absolute Gasteiger partial charge is 0.267 e. The Bertz CT molecular complexity index is 593. The monoisotopic (exact) mass is 282 g/mol. The molecule has 2 N–H and O–H groups in total. The largest absolute Gasteiger partial charge is 0.390 e. The molecule has 0 atom stereocenters. The van der Waals surface area contributed by atoms with Crippen LogP contribution in [0.4, 0.5) is 5.69 Å². The summed E-state index contributed by atoms with van der Waals surface area (Å²) < 4.78 is 0. The number of rotatable bonds is 7. The maximum absolute atomic E-state index is 12.0. The first-order valence-corrected chi connectivity index (χ1v) is 6.87. The summed E-state index contributed by atoms with van der Waals surface area (Å²) >= 11 is 0. The van der Waals surface area contributed by atoms with Crippen LogP contribution in [0.5, 0.6) is 0 Å². The molecular weight excluding hydrogens is 264 g/mol. The molecule has 5 heteroatoms. The van der Waals surface area contributed by atoms with Gasteiger partial charge in [0.25, 0.3) is 5.91 Å². The van der Waals surface area contributed by atoms with E-state index in [0.29, 0.717) is 11.3 Å². The van der Waals surface area contributed by atoms with Gasteiger partial charge in [0.1, 0.15) is 17.7 Å². The minimum absolute atomic E-state index is 0.0146. The van der Waals surface area contributed by atoms with Gasteiger partial charge in [-0.2, -0.15) is 10.5 Å². The summed E-state index contributed by atoms with van der Waals surface area (Å²) in [6, 6.07) is 10.5. The number of carbonyl (C=O) groups is 1. The molecule has 0 fully saturated rings. The number of amides is 1. The van der Waals surface area contributed by atoms with Gasteiger partial charge >= 0.3 is 0 Å². The number of hydrogen-bond donors (Lipinski definition) is 2. The van der Waals surface area contributed by atoms with Gasteiger partial charge in [-0.15, -0.1) is 0 Å². The van der Waals surface area contributed by atoms with Crippen molar-refractivity contribution in [2.75, 3.05) is 11.9 Å². The molecule has 1 amide bonds. The van der Waals surface area contributed by atoms with Gasteiger partial charge in [0.05, 0.1) is 11.3 Å². The molecule has 1 aromatic carbocycles. The van der Waals surface area contributed by atoms with E-state index in [1.54, 1.807) is 24.3 Å². The highest BCUT2D eigenvalue weighted by Gasteiger charge is 2.11. The van der Waals surface area contributed by atoms with Gasteiger partial charge in [0.2, 0.25) is 0 Å². The Labute approximate surface area is 124 Å². The lowest BCUT2D eigenvalue weighted by Gasteiger charge is -2.06. The lowest BCUT2D eigenvalue weighted by Crippen LogP contribution is -2.17. The van der Waals surface area contributed by atoms with Crippen molar-refractivity contribution in [2.45, 2.75) is 26.2 Å². The maximum atomic E-state index is 12.0. The van der Waals surface area contributed by atoms with Crippen LogP contribution < -0.4 is 10.6 Å². The summed E-state index contributed by atoms with van der Waals surface area (Å²) in [5.41, 5.74) is 0.746. The molecule has 21 heavy (non-hydrogen) atoms. The number of nitrogens with zero attached hydrogens (tertiary/aromatic N) is 2. The van der Waals surface area contributed by atoms with E-state index in [1.807, 2.05) is 12.1 Å². The highest BCUT2D eigenvalue weighted by molar-refractivity contribution is 6.07. The normalized spacial score (nSPS) is 10.3. The fraction of sp³-hybridized carbons (Fsp3) is 0.312. The fourth-order valence-corrected chi connectivity index (χ4v) is 1.68. The predicted octanol–water partition coefficient (Wildman–Crippen LogP) is 2.68. The molecule has 0 aliphatic rings. The summed E-state index contributed by atoms with van der Waals surface area (Å²) in [5, 5.41) is 23.5. The molecule has 108 valence electrons. The molecule has 0 bridgehead atoms. The van der Waals surface area contributed by atoms with E-state index in [-0.39, 0.29) is 5.57 Å². The number of hydrogen-bond acceptors (Lipinski definition) is 4. The van der Waals surface area contributed by atoms with Crippen LogP contribution in [0.3, 0.4) is 0 Å².